The van der Waals surface area contributed by atoms with Gasteiger partial charge in [-0.25, -0.2) is 9.82 Å². The molecule has 0 aliphatic carbocycles. The average molecular weight is 500 g/mol. The van der Waals surface area contributed by atoms with Crippen molar-refractivity contribution in [1.29, 1.82) is 0 Å². The van der Waals surface area contributed by atoms with Gasteiger partial charge in [0.05, 0.1) is 30.6 Å². The number of carbonyl (C=O) groups excluding carboxylic acids is 2. The molecule has 0 spiro atoms. The van der Waals surface area contributed by atoms with Crippen molar-refractivity contribution in [2.45, 2.75) is 13.5 Å². The van der Waals surface area contributed by atoms with Gasteiger partial charge in [-0.15, -0.1) is 0 Å². The third kappa shape index (κ3) is 6.70. The number of halogens is 2. The molecule has 0 saturated carbocycles. The summed E-state index contributed by atoms with van der Waals surface area (Å²) in [5, 5.41) is 6.72. The Morgan fingerprint density at radius 3 is 2.34 bits per heavy atom. The number of benzene rings is 3. The van der Waals surface area contributed by atoms with Gasteiger partial charge >= 0.3 is 11.8 Å². The van der Waals surface area contributed by atoms with Gasteiger partial charge in [-0.2, -0.15) is 5.10 Å². The van der Waals surface area contributed by atoms with Crippen LogP contribution in [0.15, 0.2) is 65.8 Å². The first-order valence-corrected chi connectivity index (χ1v) is 10.7. The second-order valence-corrected chi connectivity index (χ2v) is 7.58. The van der Waals surface area contributed by atoms with E-state index in [9.17, 15) is 14.0 Å². The molecule has 35 heavy (non-hydrogen) atoms. The highest BCUT2D eigenvalue weighted by atomic mass is 35.5. The Morgan fingerprint density at radius 2 is 1.69 bits per heavy atom. The van der Waals surface area contributed by atoms with Crippen LogP contribution in [0.25, 0.3) is 0 Å². The van der Waals surface area contributed by atoms with Crippen LogP contribution in [-0.4, -0.2) is 31.7 Å². The highest BCUT2D eigenvalue weighted by molar-refractivity contribution is 6.39. The Morgan fingerprint density at radius 1 is 0.971 bits per heavy atom. The summed E-state index contributed by atoms with van der Waals surface area (Å²) >= 11 is 6.01. The van der Waals surface area contributed by atoms with Gasteiger partial charge in [0.25, 0.3) is 0 Å². The number of carbonyl (C=O) groups is 2. The van der Waals surface area contributed by atoms with Gasteiger partial charge in [0.2, 0.25) is 0 Å². The first kappa shape index (κ1) is 25.5. The lowest BCUT2D eigenvalue weighted by atomic mass is 10.1. The molecule has 2 N–H and O–H groups in total. The van der Waals surface area contributed by atoms with E-state index >= 15 is 0 Å². The number of rotatable bonds is 8. The van der Waals surface area contributed by atoms with Crippen molar-refractivity contribution in [3.8, 4) is 17.2 Å². The number of nitrogens with one attached hydrogen (secondary N) is 2. The van der Waals surface area contributed by atoms with Gasteiger partial charge in [-0.05, 0) is 61.0 Å². The predicted octanol–water partition coefficient (Wildman–Crippen LogP) is 4.55. The first-order valence-electron chi connectivity index (χ1n) is 10.4. The van der Waals surface area contributed by atoms with Gasteiger partial charge < -0.3 is 19.5 Å². The van der Waals surface area contributed by atoms with E-state index in [2.05, 4.69) is 15.8 Å². The van der Waals surface area contributed by atoms with Crippen LogP contribution >= 0.6 is 11.6 Å². The molecular weight excluding hydrogens is 477 g/mol. The molecule has 0 bridgehead atoms. The van der Waals surface area contributed by atoms with E-state index in [0.717, 1.165) is 0 Å². The molecule has 0 saturated heterocycles. The molecule has 3 aromatic rings. The monoisotopic (exact) mass is 499 g/mol. The SMILES string of the molecule is COc1ccc(NC(=O)C(=O)N/N=C(\C)c2ccc(OCc3c(F)cccc3Cl)cc2)c(OC)c1. The first-order chi connectivity index (χ1) is 16.8. The normalized spacial score (nSPS) is 10.9. The summed E-state index contributed by atoms with van der Waals surface area (Å²) in [5.41, 5.74) is 3.93. The van der Waals surface area contributed by atoms with E-state index in [1.807, 2.05) is 0 Å². The van der Waals surface area contributed by atoms with Gasteiger partial charge in [0.15, 0.2) is 0 Å². The van der Waals surface area contributed by atoms with Crippen LogP contribution in [0.3, 0.4) is 0 Å². The van der Waals surface area contributed by atoms with Crippen LogP contribution in [0.2, 0.25) is 5.02 Å². The molecule has 0 unspecified atom stereocenters. The van der Waals surface area contributed by atoms with E-state index in [-0.39, 0.29) is 17.2 Å². The average Bonchev–Trinajstić information content (AvgIpc) is 2.87. The molecule has 10 heteroatoms. The van der Waals surface area contributed by atoms with Gasteiger partial charge in [-0.1, -0.05) is 17.7 Å². The maximum Gasteiger partial charge on any atom is 0.329 e. The van der Waals surface area contributed by atoms with E-state index in [0.29, 0.717) is 34.2 Å². The number of hydrogen-bond donors (Lipinski definition) is 2. The maximum atomic E-state index is 13.9. The zero-order valence-corrected chi connectivity index (χ0v) is 20.0. The minimum absolute atomic E-state index is 0.0257. The second-order valence-electron chi connectivity index (χ2n) is 7.17. The molecule has 0 aromatic heterocycles. The zero-order valence-electron chi connectivity index (χ0n) is 19.2. The molecule has 0 atom stereocenters. The van der Waals surface area contributed by atoms with Gasteiger partial charge in [0.1, 0.15) is 29.7 Å². The van der Waals surface area contributed by atoms with Crippen molar-refractivity contribution in [1.82, 2.24) is 5.43 Å². The number of ether oxygens (including phenoxy) is 3. The number of amides is 2. The minimum Gasteiger partial charge on any atom is -0.497 e. The van der Waals surface area contributed by atoms with Crippen LogP contribution in [0, 0.1) is 5.82 Å². The maximum absolute atomic E-state index is 13.9. The summed E-state index contributed by atoms with van der Waals surface area (Å²) in [6.07, 6.45) is 0. The van der Waals surface area contributed by atoms with Crippen molar-refractivity contribution >= 4 is 34.8 Å². The van der Waals surface area contributed by atoms with Crippen molar-refractivity contribution < 1.29 is 28.2 Å². The Bertz CT molecular complexity index is 1230. The third-order valence-corrected chi connectivity index (χ3v) is 5.26. The quantitative estimate of drug-likeness (QED) is 0.269. The van der Waals surface area contributed by atoms with E-state index < -0.39 is 17.6 Å². The fraction of sp³-hybridized carbons (Fsp3) is 0.160. The molecule has 0 radical (unpaired) electrons. The van der Waals surface area contributed by atoms with Crippen LogP contribution < -0.4 is 25.0 Å². The lowest BCUT2D eigenvalue weighted by Gasteiger charge is -2.11. The van der Waals surface area contributed by atoms with Crippen LogP contribution in [0.4, 0.5) is 10.1 Å². The highest BCUT2D eigenvalue weighted by Gasteiger charge is 2.16. The molecule has 8 nitrogen and oxygen atoms in total. The second kappa shape index (κ2) is 11.8. The summed E-state index contributed by atoms with van der Waals surface area (Å²) in [6, 6.07) is 16.0. The summed E-state index contributed by atoms with van der Waals surface area (Å²) in [7, 11) is 2.94. The minimum atomic E-state index is -0.955. The van der Waals surface area contributed by atoms with Crippen LogP contribution in [-0.2, 0) is 16.2 Å². The molecule has 182 valence electrons. The van der Waals surface area contributed by atoms with E-state index in [1.165, 1.54) is 26.4 Å². The number of nitrogens with zero attached hydrogens (tertiary/aromatic N) is 1. The summed E-state index contributed by atoms with van der Waals surface area (Å²) in [4.78, 5) is 24.4. The van der Waals surface area contributed by atoms with Crippen molar-refractivity contribution in [2.75, 3.05) is 19.5 Å². The molecule has 0 aliphatic heterocycles. The van der Waals surface area contributed by atoms with Crippen LogP contribution in [0.1, 0.15) is 18.1 Å². The smallest absolute Gasteiger partial charge is 0.329 e. The highest BCUT2D eigenvalue weighted by Crippen LogP contribution is 2.29. The summed E-state index contributed by atoms with van der Waals surface area (Å²) in [6.45, 7) is 1.64. The van der Waals surface area contributed by atoms with Gasteiger partial charge in [-0.3, -0.25) is 9.59 Å². The lowest BCUT2D eigenvalue weighted by molar-refractivity contribution is -0.136. The Labute approximate surface area is 206 Å². The molecule has 0 aliphatic rings. The van der Waals surface area contributed by atoms with E-state index in [4.69, 9.17) is 25.8 Å². The van der Waals surface area contributed by atoms with Crippen molar-refractivity contribution in [3.05, 3.63) is 82.6 Å². The zero-order chi connectivity index (χ0) is 25.4. The molecule has 0 fully saturated rings. The Kier molecular flexibility index (Phi) is 8.63. The van der Waals surface area contributed by atoms with Crippen molar-refractivity contribution in [3.63, 3.8) is 0 Å². The number of hydrogen-bond acceptors (Lipinski definition) is 6. The topological polar surface area (TPSA) is 98.2 Å². The molecular formula is C25H23ClFN3O5. The Balaban J connectivity index is 1.57. The molecule has 2 amide bonds. The number of anilines is 1. The summed E-state index contributed by atoms with van der Waals surface area (Å²) < 4.78 is 29.8. The largest absolute Gasteiger partial charge is 0.497 e. The number of methoxy groups -OCH3 is 2. The molecule has 0 heterocycles. The predicted molar refractivity (Wildman–Crippen MR) is 131 cm³/mol. The number of hydrazone groups is 1. The van der Waals surface area contributed by atoms with Crippen LogP contribution in [0.5, 0.6) is 17.2 Å². The van der Waals surface area contributed by atoms with Gasteiger partial charge in [0, 0.05) is 11.6 Å². The fourth-order valence-corrected chi connectivity index (χ4v) is 3.17. The fourth-order valence-electron chi connectivity index (χ4n) is 2.95. The molecule has 3 aromatic carbocycles. The Hall–Kier alpha value is -4.11. The van der Waals surface area contributed by atoms with Crippen molar-refractivity contribution in [2.24, 2.45) is 5.10 Å². The summed E-state index contributed by atoms with van der Waals surface area (Å²) in [5.74, 6) is -0.939. The molecule has 3 rings (SSSR count). The van der Waals surface area contributed by atoms with E-state index in [1.54, 1.807) is 55.5 Å². The standard InChI is InChI=1S/C25H23ClFN3O5/c1-15(16-7-9-17(10-8-16)35-14-19-20(26)5-4-6-21(19)27)29-30-25(32)24(31)28-22-12-11-18(33-2)13-23(22)34-3/h4-13H,14H2,1-3H3,(H,28,31)(H,30,32)/b29-15+. The third-order valence-electron chi connectivity index (χ3n) is 4.91. The lowest BCUT2D eigenvalue weighted by Crippen LogP contribution is -2.33.